The molecule has 0 saturated carbocycles. The highest BCUT2D eigenvalue weighted by molar-refractivity contribution is 9.10. The molecule has 2 atom stereocenters. The number of carbonyl (C=O) groups excluding carboxylic acids is 2. The molecule has 0 spiro atoms. The van der Waals surface area contributed by atoms with Crippen molar-refractivity contribution in [1.82, 2.24) is 4.57 Å². The van der Waals surface area contributed by atoms with Gasteiger partial charge in [-0.25, -0.2) is 0 Å². The van der Waals surface area contributed by atoms with Crippen LogP contribution in [-0.2, 0) is 51.8 Å². The molecule has 0 bridgehead atoms. The Morgan fingerprint density at radius 2 is 1.31 bits per heavy atom. The maximum absolute atomic E-state index is 12.1. The molecule has 2 aliphatic carbocycles. The van der Waals surface area contributed by atoms with Gasteiger partial charge in [0.05, 0.1) is 26.4 Å². The summed E-state index contributed by atoms with van der Waals surface area (Å²) in [5, 5.41) is 0. The first-order chi connectivity index (χ1) is 23.2. The minimum atomic E-state index is 0.0149. The molecule has 2 fully saturated rings. The molecule has 2 aliphatic heterocycles. The first-order valence-electron chi connectivity index (χ1n) is 17.3. The van der Waals surface area contributed by atoms with E-state index in [0.29, 0.717) is 56.5 Å². The van der Waals surface area contributed by atoms with Crippen molar-refractivity contribution >= 4 is 27.5 Å². The van der Waals surface area contributed by atoms with E-state index in [2.05, 4.69) is 28.1 Å². The second kappa shape index (κ2) is 16.0. The molecule has 7 rings (SSSR count). The van der Waals surface area contributed by atoms with Crippen LogP contribution in [0, 0.1) is 18.8 Å². The highest BCUT2D eigenvalue weighted by Crippen LogP contribution is 2.35. The van der Waals surface area contributed by atoms with Crippen molar-refractivity contribution in [1.29, 1.82) is 0 Å². The van der Waals surface area contributed by atoms with Crippen molar-refractivity contribution in [3.05, 3.63) is 79.2 Å². The summed E-state index contributed by atoms with van der Waals surface area (Å²) in [6.45, 7) is 6.35. The number of nitrogens with zero attached hydrogens (tertiary/aromatic N) is 1. The van der Waals surface area contributed by atoms with Crippen molar-refractivity contribution in [2.24, 2.45) is 18.9 Å². The Bertz CT molecular complexity index is 1680. The third kappa shape index (κ3) is 8.65. The third-order valence-corrected chi connectivity index (χ3v) is 10.3. The molecule has 8 nitrogen and oxygen atoms in total. The fraction of sp³-hybridized carbons (Fsp3) is 0.513. The van der Waals surface area contributed by atoms with Gasteiger partial charge in [-0.05, 0) is 92.0 Å². The molecule has 4 aliphatic rings. The highest BCUT2D eigenvalue weighted by atomic mass is 79.9. The van der Waals surface area contributed by atoms with Crippen LogP contribution in [0.3, 0.4) is 0 Å². The van der Waals surface area contributed by atoms with Crippen LogP contribution in [0.5, 0.6) is 11.5 Å². The molecule has 0 N–H and O–H groups in total. The number of ketones is 2. The van der Waals surface area contributed by atoms with Crippen molar-refractivity contribution in [2.75, 3.05) is 39.6 Å². The van der Waals surface area contributed by atoms with Crippen molar-refractivity contribution in [3.63, 3.8) is 0 Å². The van der Waals surface area contributed by atoms with Gasteiger partial charge in [0.25, 0.3) is 5.56 Å². The number of fused-ring (bicyclic) bond motifs is 2. The molecule has 2 saturated heterocycles. The summed E-state index contributed by atoms with van der Waals surface area (Å²) >= 11 is 3.53. The molecule has 3 heterocycles. The van der Waals surface area contributed by atoms with Crippen LogP contribution in [0.2, 0.25) is 0 Å². The summed E-state index contributed by atoms with van der Waals surface area (Å²) in [6.07, 6.45) is 10.1. The summed E-state index contributed by atoms with van der Waals surface area (Å²) in [5.41, 5.74) is 7.29. The van der Waals surface area contributed by atoms with E-state index in [1.165, 1.54) is 11.1 Å². The maximum Gasteiger partial charge on any atom is 0.253 e. The van der Waals surface area contributed by atoms with E-state index in [0.717, 1.165) is 109 Å². The first-order valence-corrected chi connectivity index (χ1v) is 18.1. The van der Waals surface area contributed by atoms with E-state index < -0.39 is 0 Å². The zero-order valence-corrected chi connectivity index (χ0v) is 29.7. The second-order valence-corrected chi connectivity index (χ2v) is 14.6. The summed E-state index contributed by atoms with van der Waals surface area (Å²) in [7, 11) is 1.77. The van der Waals surface area contributed by atoms with E-state index in [9.17, 15) is 14.4 Å². The van der Waals surface area contributed by atoms with E-state index in [1.807, 2.05) is 31.3 Å². The number of pyridine rings is 1. The number of hydrogen-bond donors (Lipinski definition) is 0. The molecular weight excluding hydrogens is 674 g/mol. The molecule has 0 amide bonds. The quantitative estimate of drug-likeness (QED) is 0.274. The van der Waals surface area contributed by atoms with Crippen LogP contribution in [0.4, 0.5) is 0 Å². The lowest BCUT2D eigenvalue weighted by atomic mass is 9.87. The number of halogens is 1. The molecule has 2 aromatic carbocycles. The SMILES string of the molecule is Cc1cc(-c2cc3c(c(OCC4CCCOC4)c2)CC(=O)CC3)cn(C)c1=O.O=C1CCc2cc(Br)cc(OCC3CCCOC3)c2C1. The molecule has 48 heavy (non-hydrogen) atoms. The number of aromatic nitrogens is 1. The van der Waals surface area contributed by atoms with Crippen LogP contribution in [0.1, 0.15) is 66.3 Å². The fourth-order valence-corrected chi connectivity index (χ4v) is 7.57. The van der Waals surface area contributed by atoms with E-state index in [4.69, 9.17) is 18.9 Å². The summed E-state index contributed by atoms with van der Waals surface area (Å²) < 4.78 is 25.9. The van der Waals surface area contributed by atoms with Crippen LogP contribution >= 0.6 is 15.9 Å². The Kier molecular flexibility index (Phi) is 11.5. The highest BCUT2D eigenvalue weighted by Gasteiger charge is 2.24. The first kappa shape index (κ1) is 34.6. The molecule has 9 heteroatoms. The van der Waals surface area contributed by atoms with Gasteiger partial charge in [0, 0.05) is 85.1 Å². The average molecular weight is 721 g/mol. The lowest BCUT2D eigenvalue weighted by Gasteiger charge is -2.25. The zero-order valence-electron chi connectivity index (χ0n) is 28.1. The molecule has 1 aromatic heterocycles. The topological polar surface area (TPSA) is 93.1 Å². The smallest absolute Gasteiger partial charge is 0.253 e. The number of carbonyl (C=O) groups is 2. The van der Waals surface area contributed by atoms with Gasteiger partial charge in [-0.2, -0.15) is 0 Å². The number of aryl methyl sites for hydroxylation is 4. The Hall–Kier alpha value is -3.27. The van der Waals surface area contributed by atoms with E-state index in [1.54, 1.807) is 11.6 Å². The minimum Gasteiger partial charge on any atom is -0.493 e. The summed E-state index contributed by atoms with van der Waals surface area (Å²) in [4.78, 5) is 35.8. The summed E-state index contributed by atoms with van der Waals surface area (Å²) in [6, 6.07) is 10.2. The third-order valence-electron chi connectivity index (χ3n) is 9.82. The predicted molar refractivity (Wildman–Crippen MR) is 188 cm³/mol. The monoisotopic (exact) mass is 719 g/mol. The lowest BCUT2D eigenvalue weighted by Crippen LogP contribution is -2.24. The van der Waals surface area contributed by atoms with E-state index >= 15 is 0 Å². The van der Waals surface area contributed by atoms with Crippen LogP contribution in [-0.4, -0.2) is 55.8 Å². The normalized spacial score (nSPS) is 20.6. The molecule has 0 radical (unpaired) electrons. The number of ether oxygens (including phenoxy) is 4. The number of Topliss-reactive ketones (excluding diaryl/α,β-unsaturated/α-hetero) is 2. The number of rotatable bonds is 7. The van der Waals surface area contributed by atoms with Crippen molar-refractivity contribution in [3.8, 4) is 22.6 Å². The Labute approximate surface area is 291 Å². The summed E-state index contributed by atoms with van der Waals surface area (Å²) in [5.74, 6) is 3.12. The van der Waals surface area contributed by atoms with Crippen molar-refractivity contribution in [2.45, 2.75) is 71.1 Å². The zero-order chi connectivity index (χ0) is 33.6. The largest absolute Gasteiger partial charge is 0.493 e. The van der Waals surface area contributed by atoms with Crippen molar-refractivity contribution < 1.29 is 28.5 Å². The van der Waals surface area contributed by atoms with Crippen LogP contribution in [0.25, 0.3) is 11.1 Å². The lowest BCUT2D eigenvalue weighted by molar-refractivity contribution is -0.119. The van der Waals surface area contributed by atoms with Crippen LogP contribution in [0.15, 0.2) is 45.8 Å². The molecule has 2 unspecified atom stereocenters. The van der Waals surface area contributed by atoms with Gasteiger partial charge in [0.1, 0.15) is 23.1 Å². The van der Waals surface area contributed by atoms with Gasteiger partial charge in [0.2, 0.25) is 0 Å². The van der Waals surface area contributed by atoms with Gasteiger partial charge in [-0.15, -0.1) is 0 Å². The Morgan fingerprint density at radius 1 is 0.750 bits per heavy atom. The molecule has 256 valence electrons. The van der Waals surface area contributed by atoms with Gasteiger partial charge in [-0.1, -0.05) is 22.0 Å². The van der Waals surface area contributed by atoms with Gasteiger partial charge in [0.15, 0.2) is 0 Å². The van der Waals surface area contributed by atoms with Gasteiger partial charge >= 0.3 is 0 Å². The average Bonchev–Trinajstić information content (AvgIpc) is 3.09. The number of benzene rings is 2. The molecular formula is C39H46BrNO7. The van der Waals surface area contributed by atoms with Crippen LogP contribution < -0.4 is 15.0 Å². The van der Waals surface area contributed by atoms with E-state index in [-0.39, 0.29) is 11.3 Å². The minimum absolute atomic E-state index is 0.0149. The molecule has 3 aromatic rings. The van der Waals surface area contributed by atoms with Gasteiger partial charge in [-0.3, -0.25) is 14.4 Å². The van der Waals surface area contributed by atoms with Gasteiger partial charge < -0.3 is 23.5 Å². The Balaban J connectivity index is 0.000000177. The second-order valence-electron chi connectivity index (χ2n) is 13.7. The number of hydrogen-bond acceptors (Lipinski definition) is 7. The fourth-order valence-electron chi connectivity index (χ4n) is 7.09. The Morgan fingerprint density at radius 3 is 1.85 bits per heavy atom. The maximum atomic E-state index is 12.1. The predicted octanol–water partition coefficient (Wildman–Crippen LogP) is 6.54. The standard InChI is InChI=1S/C23H27NO4.C16H19BrO3/c1-15-8-19(12-24(2)23(15)26)18-9-17-5-6-20(25)11-21(17)22(10-18)28-14-16-4-3-7-27-13-16;17-13-6-12-3-4-14(18)8-15(12)16(7-13)20-10-11-2-1-5-19-9-11/h8-10,12,16H,3-7,11,13-14H2,1-2H3;6-7,11H,1-5,8-10H2.